The van der Waals surface area contributed by atoms with Crippen LogP contribution in [0.3, 0.4) is 0 Å². The molecule has 1 aromatic rings. The van der Waals surface area contributed by atoms with Crippen LogP contribution in [0.5, 0.6) is 0 Å². The molecule has 0 spiro atoms. The van der Waals surface area contributed by atoms with Crippen LogP contribution in [0.4, 0.5) is 5.13 Å². The maximum absolute atomic E-state index is 11.4. The third-order valence-electron chi connectivity index (χ3n) is 1.88. The molecule has 0 unspecified atom stereocenters. The van der Waals surface area contributed by atoms with Gasteiger partial charge in [-0.1, -0.05) is 13.8 Å². The first-order chi connectivity index (χ1) is 7.11. The highest BCUT2D eigenvalue weighted by molar-refractivity contribution is 7.13. The molecular formula is C10H15ClN2OS. The molecular weight excluding hydrogens is 232 g/mol. The largest absolute Gasteiger partial charge is 0.302 e. The second-order valence-corrected chi connectivity index (χ2v) is 4.88. The number of carbonyl (C=O) groups is 1. The van der Waals surface area contributed by atoms with E-state index in [1.54, 1.807) is 0 Å². The van der Waals surface area contributed by atoms with Crippen molar-refractivity contribution in [1.29, 1.82) is 0 Å². The van der Waals surface area contributed by atoms with Gasteiger partial charge in [-0.25, -0.2) is 4.98 Å². The molecule has 0 aliphatic heterocycles. The summed E-state index contributed by atoms with van der Waals surface area (Å²) in [4.78, 5) is 15.6. The van der Waals surface area contributed by atoms with Gasteiger partial charge in [0.15, 0.2) is 5.13 Å². The van der Waals surface area contributed by atoms with E-state index in [2.05, 4.69) is 24.1 Å². The van der Waals surface area contributed by atoms with E-state index < -0.39 is 0 Å². The van der Waals surface area contributed by atoms with Crippen molar-refractivity contribution >= 4 is 34.0 Å². The molecule has 0 atom stereocenters. The molecule has 0 saturated carbocycles. The molecule has 0 aliphatic rings. The molecule has 84 valence electrons. The third-order valence-corrected chi connectivity index (χ3v) is 2.96. The zero-order chi connectivity index (χ0) is 11.3. The van der Waals surface area contributed by atoms with Crippen LogP contribution in [0.15, 0.2) is 5.38 Å². The molecule has 0 saturated heterocycles. The Morgan fingerprint density at radius 3 is 2.93 bits per heavy atom. The average molecular weight is 247 g/mol. The Hall–Kier alpha value is -0.610. The summed E-state index contributed by atoms with van der Waals surface area (Å²) in [5, 5.41) is 5.25. The second kappa shape index (κ2) is 6.08. The Morgan fingerprint density at radius 2 is 2.40 bits per heavy atom. The fourth-order valence-corrected chi connectivity index (χ4v) is 1.98. The van der Waals surface area contributed by atoms with Crippen LogP contribution in [-0.4, -0.2) is 10.9 Å². The molecule has 0 fully saturated rings. The van der Waals surface area contributed by atoms with E-state index in [4.69, 9.17) is 11.6 Å². The number of aromatic nitrogens is 1. The molecule has 1 heterocycles. The van der Waals surface area contributed by atoms with Crippen molar-refractivity contribution in [3.63, 3.8) is 0 Å². The summed E-state index contributed by atoms with van der Waals surface area (Å²) in [6.45, 7) is 4.20. The molecule has 0 aromatic carbocycles. The van der Waals surface area contributed by atoms with E-state index in [0.717, 1.165) is 12.1 Å². The number of halogens is 1. The molecule has 0 radical (unpaired) electrons. The van der Waals surface area contributed by atoms with Crippen molar-refractivity contribution in [3.8, 4) is 0 Å². The van der Waals surface area contributed by atoms with E-state index >= 15 is 0 Å². The molecule has 3 nitrogen and oxygen atoms in total. The standard InChI is InChI=1S/C10H15ClN2OS/c1-7(2)3-4-9(14)13-10-12-8(5-11)6-15-10/h6-7H,3-5H2,1-2H3,(H,12,13,14). The predicted octanol–water partition coefficient (Wildman–Crippen LogP) is 3.26. The van der Waals surface area contributed by atoms with Crippen molar-refractivity contribution in [2.45, 2.75) is 32.6 Å². The molecule has 1 aromatic heterocycles. The molecule has 1 rings (SSSR count). The topological polar surface area (TPSA) is 42.0 Å². The highest BCUT2D eigenvalue weighted by atomic mass is 35.5. The fourth-order valence-electron chi connectivity index (χ4n) is 1.03. The summed E-state index contributed by atoms with van der Waals surface area (Å²) in [5.41, 5.74) is 0.806. The lowest BCUT2D eigenvalue weighted by molar-refractivity contribution is -0.116. The third kappa shape index (κ3) is 4.62. The van der Waals surface area contributed by atoms with Crippen LogP contribution >= 0.6 is 22.9 Å². The van der Waals surface area contributed by atoms with Crippen molar-refractivity contribution in [1.82, 2.24) is 4.98 Å². The van der Waals surface area contributed by atoms with Gasteiger partial charge in [0, 0.05) is 11.8 Å². The summed E-state index contributed by atoms with van der Waals surface area (Å²) in [6, 6.07) is 0. The van der Waals surface area contributed by atoms with Crippen LogP contribution in [0.1, 0.15) is 32.4 Å². The number of hydrogen-bond donors (Lipinski definition) is 1. The molecule has 0 bridgehead atoms. The number of hydrogen-bond acceptors (Lipinski definition) is 3. The minimum atomic E-state index is 0.0270. The highest BCUT2D eigenvalue weighted by Crippen LogP contribution is 2.17. The number of amides is 1. The lowest BCUT2D eigenvalue weighted by Gasteiger charge is -2.03. The number of nitrogens with zero attached hydrogens (tertiary/aromatic N) is 1. The molecule has 15 heavy (non-hydrogen) atoms. The minimum absolute atomic E-state index is 0.0270. The van der Waals surface area contributed by atoms with E-state index in [9.17, 15) is 4.79 Å². The van der Waals surface area contributed by atoms with Crippen molar-refractivity contribution < 1.29 is 4.79 Å². The molecule has 5 heteroatoms. The molecule has 1 amide bonds. The van der Waals surface area contributed by atoms with Gasteiger partial charge in [0.05, 0.1) is 11.6 Å². The lowest BCUT2D eigenvalue weighted by atomic mass is 10.1. The number of nitrogens with one attached hydrogen (secondary N) is 1. The summed E-state index contributed by atoms with van der Waals surface area (Å²) < 4.78 is 0. The Balaban J connectivity index is 2.37. The Morgan fingerprint density at radius 1 is 1.67 bits per heavy atom. The summed E-state index contributed by atoms with van der Waals surface area (Å²) in [6.07, 6.45) is 1.45. The zero-order valence-corrected chi connectivity index (χ0v) is 10.5. The van der Waals surface area contributed by atoms with E-state index in [1.165, 1.54) is 11.3 Å². The van der Waals surface area contributed by atoms with Gasteiger partial charge in [-0.3, -0.25) is 4.79 Å². The van der Waals surface area contributed by atoms with Gasteiger partial charge in [0.1, 0.15) is 0 Å². The number of carbonyl (C=O) groups excluding carboxylic acids is 1. The average Bonchev–Trinajstić information content (AvgIpc) is 2.62. The van der Waals surface area contributed by atoms with Crippen molar-refractivity contribution in [3.05, 3.63) is 11.1 Å². The number of alkyl halides is 1. The maximum Gasteiger partial charge on any atom is 0.226 e. The van der Waals surface area contributed by atoms with Crippen molar-refractivity contribution in [2.75, 3.05) is 5.32 Å². The van der Waals surface area contributed by atoms with Crippen LogP contribution in [0.2, 0.25) is 0 Å². The van der Waals surface area contributed by atoms with Gasteiger partial charge < -0.3 is 5.32 Å². The Labute approximate surface area is 98.9 Å². The quantitative estimate of drug-likeness (QED) is 0.811. The first-order valence-electron chi connectivity index (χ1n) is 4.92. The zero-order valence-electron chi connectivity index (χ0n) is 8.92. The predicted molar refractivity (Wildman–Crippen MR) is 64.4 cm³/mol. The number of thiazole rings is 1. The maximum atomic E-state index is 11.4. The minimum Gasteiger partial charge on any atom is -0.302 e. The van der Waals surface area contributed by atoms with Gasteiger partial charge in [-0.2, -0.15) is 0 Å². The molecule has 1 N–H and O–H groups in total. The van der Waals surface area contributed by atoms with Crippen LogP contribution in [0.25, 0.3) is 0 Å². The van der Waals surface area contributed by atoms with E-state index in [0.29, 0.717) is 23.4 Å². The lowest BCUT2D eigenvalue weighted by Crippen LogP contribution is -2.11. The normalized spacial score (nSPS) is 10.7. The number of anilines is 1. The second-order valence-electron chi connectivity index (χ2n) is 3.76. The Bertz CT molecular complexity index is 325. The summed E-state index contributed by atoms with van der Waals surface area (Å²) >= 11 is 7.02. The van der Waals surface area contributed by atoms with Gasteiger partial charge in [-0.15, -0.1) is 22.9 Å². The van der Waals surface area contributed by atoms with Gasteiger partial charge >= 0.3 is 0 Å². The highest BCUT2D eigenvalue weighted by Gasteiger charge is 2.06. The van der Waals surface area contributed by atoms with Gasteiger partial charge in [0.25, 0.3) is 0 Å². The smallest absolute Gasteiger partial charge is 0.226 e. The fraction of sp³-hybridized carbons (Fsp3) is 0.600. The van der Waals surface area contributed by atoms with E-state index in [1.807, 2.05) is 5.38 Å². The summed E-state index contributed by atoms with van der Waals surface area (Å²) in [7, 11) is 0. The van der Waals surface area contributed by atoms with Crippen LogP contribution in [0, 0.1) is 5.92 Å². The van der Waals surface area contributed by atoms with Gasteiger partial charge in [-0.05, 0) is 12.3 Å². The first kappa shape index (κ1) is 12.5. The van der Waals surface area contributed by atoms with E-state index in [-0.39, 0.29) is 5.91 Å². The summed E-state index contributed by atoms with van der Waals surface area (Å²) in [5.74, 6) is 0.961. The SMILES string of the molecule is CC(C)CCC(=O)Nc1nc(CCl)cs1. The Kier molecular flexibility index (Phi) is 5.05. The van der Waals surface area contributed by atoms with Gasteiger partial charge in [0.2, 0.25) is 5.91 Å². The number of rotatable bonds is 5. The van der Waals surface area contributed by atoms with Crippen molar-refractivity contribution in [2.24, 2.45) is 5.92 Å². The molecule has 0 aliphatic carbocycles. The van der Waals surface area contributed by atoms with Crippen LogP contribution in [-0.2, 0) is 10.7 Å². The monoisotopic (exact) mass is 246 g/mol. The van der Waals surface area contributed by atoms with Crippen LogP contribution < -0.4 is 5.32 Å². The first-order valence-corrected chi connectivity index (χ1v) is 6.33.